The second-order valence-electron chi connectivity index (χ2n) is 7.59. The standard InChI is InChI=1S/C20H27N3O/c1-22-11-7-20(16(14-22)15-24)8-12-23(13-9-20)19-6-10-21-18-5-3-2-4-17(18)19/h2-6,10,16,24H,7-9,11-15H2,1H3/t16-/m1/s1. The van der Waals surface area contributed by atoms with Crippen LogP contribution in [-0.2, 0) is 0 Å². The fraction of sp³-hybridized carbons (Fsp3) is 0.550. The third kappa shape index (κ3) is 2.68. The molecule has 24 heavy (non-hydrogen) atoms. The van der Waals surface area contributed by atoms with Gasteiger partial charge in [-0.2, -0.15) is 0 Å². The molecule has 2 aliphatic rings. The van der Waals surface area contributed by atoms with Crippen molar-refractivity contribution in [3.05, 3.63) is 36.5 Å². The maximum atomic E-state index is 9.90. The number of benzene rings is 1. The predicted octanol–water partition coefficient (Wildman–Crippen LogP) is 2.77. The Morgan fingerprint density at radius 3 is 2.67 bits per heavy atom. The molecular weight excluding hydrogens is 298 g/mol. The number of nitrogens with zero attached hydrogens (tertiary/aromatic N) is 3. The summed E-state index contributed by atoms with van der Waals surface area (Å²) in [4.78, 5) is 9.37. The second-order valence-corrected chi connectivity index (χ2v) is 7.59. The van der Waals surface area contributed by atoms with Crippen molar-refractivity contribution in [2.75, 3.05) is 44.7 Å². The van der Waals surface area contributed by atoms with Crippen molar-refractivity contribution in [2.24, 2.45) is 11.3 Å². The Labute approximate surface area is 144 Å². The van der Waals surface area contributed by atoms with Gasteiger partial charge in [-0.1, -0.05) is 18.2 Å². The summed E-state index contributed by atoms with van der Waals surface area (Å²) in [5.41, 5.74) is 2.72. The highest BCUT2D eigenvalue weighted by atomic mass is 16.3. The Balaban J connectivity index is 1.55. The molecule has 0 bridgehead atoms. The van der Waals surface area contributed by atoms with Gasteiger partial charge in [0.05, 0.1) is 5.52 Å². The Hall–Kier alpha value is -1.65. The molecule has 1 aromatic carbocycles. The molecule has 3 heterocycles. The van der Waals surface area contributed by atoms with Crippen LogP contribution >= 0.6 is 0 Å². The van der Waals surface area contributed by atoms with Crippen molar-refractivity contribution in [1.29, 1.82) is 0 Å². The highest BCUT2D eigenvalue weighted by molar-refractivity contribution is 5.91. The van der Waals surface area contributed by atoms with Gasteiger partial charge < -0.3 is 14.9 Å². The highest BCUT2D eigenvalue weighted by Crippen LogP contribution is 2.45. The molecule has 0 amide bonds. The van der Waals surface area contributed by atoms with E-state index in [-0.39, 0.29) is 0 Å². The molecule has 1 N–H and O–H groups in total. The van der Waals surface area contributed by atoms with E-state index >= 15 is 0 Å². The maximum absolute atomic E-state index is 9.90. The minimum atomic E-state index is 0.322. The lowest BCUT2D eigenvalue weighted by atomic mass is 9.64. The number of pyridine rings is 1. The second kappa shape index (κ2) is 6.34. The average molecular weight is 325 g/mol. The summed E-state index contributed by atoms with van der Waals surface area (Å²) in [5.74, 6) is 0.424. The number of likely N-dealkylation sites (tertiary alicyclic amines) is 1. The number of anilines is 1. The first-order chi connectivity index (χ1) is 11.7. The molecule has 0 unspecified atom stereocenters. The molecule has 1 atom stereocenters. The first-order valence-corrected chi connectivity index (χ1v) is 9.10. The van der Waals surface area contributed by atoms with E-state index < -0.39 is 0 Å². The molecule has 0 radical (unpaired) electrons. The van der Waals surface area contributed by atoms with Crippen LogP contribution in [0.15, 0.2) is 36.5 Å². The topological polar surface area (TPSA) is 39.6 Å². The van der Waals surface area contributed by atoms with Crippen molar-refractivity contribution < 1.29 is 5.11 Å². The molecule has 4 rings (SSSR count). The summed E-state index contributed by atoms with van der Waals surface area (Å²) in [6.45, 7) is 4.67. The van der Waals surface area contributed by atoms with Gasteiger partial charge in [0.2, 0.25) is 0 Å². The number of aliphatic hydroxyl groups is 1. The Kier molecular flexibility index (Phi) is 4.19. The molecule has 1 spiro atoms. The van der Waals surface area contributed by atoms with E-state index in [1.807, 2.05) is 6.20 Å². The van der Waals surface area contributed by atoms with Crippen molar-refractivity contribution in [2.45, 2.75) is 19.3 Å². The zero-order valence-corrected chi connectivity index (χ0v) is 14.5. The van der Waals surface area contributed by atoms with Crippen molar-refractivity contribution in [1.82, 2.24) is 9.88 Å². The first-order valence-electron chi connectivity index (χ1n) is 9.10. The van der Waals surface area contributed by atoms with E-state index in [0.29, 0.717) is 17.9 Å². The number of hydrogen-bond acceptors (Lipinski definition) is 4. The molecule has 1 aromatic heterocycles. The third-order valence-electron chi connectivity index (χ3n) is 6.34. The van der Waals surface area contributed by atoms with E-state index in [1.165, 1.54) is 30.3 Å². The largest absolute Gasteiger partial charge is 0.396 e. The van der Waals surface area contributed by atoms with Crippen LogP contribution in [0.1, 0.15) is 19.3 Å². The number of aromatic nitrogens is 1. The fourth-order valence-corrected chi connectivity index (χ4v) is 4.74. The quantitative estimate of drug-likeness (QED) is 0.922. The van der Waals surface area contributed by atoms with Gasteiger partial charge in [-0.25, -0.2) is 0 Å². The SMILES string of the molecule is CN1CCC2(CCN(c3ccnc4ccccc34)CC2)[C@@H](CO)C1. The minimum Gasteiger partial charge on any atom is -0.396 e. The highest BCUT2D eigenvalue weighted by Gasteiger charge is 2.43. The molecule has 0 aliphatic carbocycles. The van der Waals surface area contributed by atoms with Crippen LogP contribution in [0.3, 0.4) is 0 Å². The summed E-state index contributed by atoms with van der Waals surface area (Å²) >= 11 is 0. The van der Waals surface area contributed by atoms with Crippen LogP contribution in [0, 0.1) is 11.3 Å². The third-order valence-corrected chi connectivity index (χ3v) is 6.34. The number of piperidine rings is 2. The normalized spacial score (nSPS) is 24.6. The zero-order chi connectivity index (χ0) is 16.6. The first kappa shape index (κ1) is 15.9. The van der Waals surface area contributed by atoms with Gasteiger partial charge >= 0.3 is 0 Å². The lowest BCUT2D eigenvalue weighted by molar-refractivity contribution is -0.00838. The van der Waals surface area contributed by atoms with Crippen LogP contribution in [0.2, 0.25) is 0 Å². The Morgan fingerprint density at radius 2 is 1.88 bits per heavy atom. The van der Waals surface area contributed by atoms with Crippen LogP contribution in [0.4, 0.5) is 5.69 Å². The van der Waals surface area contributed by atoms with Crippen molar-refractivity contribution >= 4 is 16.6 Å². The molecule has 4 nitrogen and oxygen atoms in total. The molecule has 0 saturated carbocycles. The Morgan fingerprint density at radius 1 is 1.12 bits per heavy atom. The van der Waals surface area contributed by atoms with E-state index in [0.717, 1.165) is 31.7 Å². The summed E-state index contributed by atoms with van der Waals surface area (Å²) in [6, 6.07) is 10.6. The maximum Gasteiger partial charge on any atom is 0.0722 e. The van der Waals surface area contributed by atoms with Crippen molar-refractivity contribution in [3.63, 3.8) is 0 Å². The zero-order valence-electron chi connectivity index (χ0n) is 14.5. The van der Waals surface area contributed by atoms with Gasteiger partial charge in [0.1, 0.15) is 0 Å². The molecule has 2 aromatic rings. The number of hydrogen-bond donors (Lipinski definition) is 1. The van der Waals surface area contributed by atoms with E-state index in [4.69, 9.17) is 0 Å². The minimum absolute atomic E-state index is 0.322. The molecular formula is C20H27N3O. The average Bonchev–Trinajstić information content (AvgIpc) is 2.64. The number of aliphatic hydroxyl groups excluding tert-OH is 1. The number of fused-ring (bicyclic) bond motifs is 1. The molecule has 2 fully saturated rings. The van der Waals surface area contributed by atoms with Gasteiger partial charge in [-0.15, -0.1) is 0 Å². The number of para-hydroxylation sites is 1. The lowest BCUT2D eigenvalue weighted by Crippen LogP contribution is -2.52. The summed E-state index contributed by atoms with van der Waals surface area (Å²) in [6.07, 6.45) is 5.51. The van der Waals surface area contributed by atoms with Crippen LogP contribution < -0.4 is 4.90 Å². The smallest absolute Gasteiger partial charge is 0.0722 e. The van der Waals surface area contributed by atoms with Gasteiger partial charge in [0, 0.05) is 49.4 Å². The number of rotatable bonds is 2. The summed E-state index contributed by atoms with van der Waals surface area (Å²) < 4.78 is 0. The summed E-state index contributed by atoms with van der Waals surface area (Å²) in [7, 11) is 2.17. The molecule has 2 saturated heterocycles. The fourth-order valence-electron chi connectivity index (χ4n) is 4.74. The van der Waals surface area contributed by atoms with E-state index in [2.05, 4.69) is 52.2 Å². The molecule has 128 valence electrons. The molecule has 4 heteroatoms. The van der Waals surface area contributed by atoms with E-state index in [9.17, 15) is 5.11 Å². The Bertz CT molecular complexity index is 704. The van der Waals surface area contributed by atoms with Gasteiger partial charge in [0.15, 0.2) is 0 Å². The monoisotopic (exact) mass is 325 g/mol. The van der Waals surface area contributed by atoms with Crippen LogP contribution in [-0.4, -0.2) is 54.8 Å². The van der Waals surface area contributed by atoms with E-state index in [1.54, 1.807) is 0 Å². The lowest BCUT2D eigenvalue weighted by Gasteiger charge is -2.51. The van der Waals surface area contributed by atoms with Gasteiger partial charge in [-0.05, 0) is 50.4 Å². The van der Waals surface area contributed by atoms with Gasteiger partial charge in [-0.3, -0.25) is 4.98 Å². The summed E-state index contributed by atoms with van der Waals surface area (Å²) in [5, 5.41) is 11.2. The van der Waals surface area contributed by atoms with Crippen LogP contribution in [0.25, 0.3) is 10.9 Å². The predicted molar refractivity (Wildman–Crippen MR) is 98.3 cm³/mol. The van der Waals surface area contributed by atoms with Crippen molar-refractivity contribution in [3.8, 4) is 0 Å². The molecule has 2 aliphatic heterocycles. The van der Waals surface area contributed by atoms with Crippen LogP contribution in [0.5, 0.6) is 0 Å². The van der Waals surface area contributed by atoms with Gasteiger partial charge in [0.25, 0.3) is 0 Å².